The zero-order chi connectivity index (χ0) is 31.5. The van der Waals surface area contributed by atoms with Crippen LogP contribution in [0.2, 0.25) is 4.34 Å². The summed E-state index contributed by atoms with van der Waals surface area (Å²) in [5.74, 6) is 0.243. The number of thiophene rings is 1. The molecule has 2 unspecified atom stereocenters. The van der Waals surface area contributed by atoms with E-state index in [1.165, 1.54) is 19.2 Å². The van der Waals surface area contributed by atoms with Crippen molar-refractivity contribution in [1.29, 1.82) is 0 Å². The van der Waals surface area contributed by atoms with Crippen LogP contribution in [-0.2, 0) is 24.8 Å². The van der Waals surface area contributed by atoms with Gasteiger partial charge >= 0.3 is 5.97 Å². The number of pyridine rings is 1. The molecule has 0 radical (unpaired) electrons. The van der Waals surface area contributed by atoms with Crippen molar-refractivity contribution in [3.8, 4) is 0 Å². The number of piperidine rings is 2. The van der Waals surface area contributed by atoms with Crippen molar-refractivity contribution >= 4 is 86.6 Å². The molecule has 0 saturated carbocycles. The largest absolute Gasteiger partial charge is 0.480 e. The number of hydrogen-bond acceptors (Lipinski definition) is 9. The van der Waals surface area contributed by atoms with E-state index in [4.69, 9.17) is 11.6 Å². The highest BCUT2D eigenvalue weighted by Crippen LogP contribution is 2.37. The molecule has 2 saturated heterocycles. The number of hydrogen-bond donors (Lipinski definition) is 3. The molecule has 0 aromatic carbocycles. The van der Waals surface area contributed by atoms with Crippen molar-refractivity contribution in [2.24, 2.45) is 11.8 Å². The first-order chi connectivity index (χ1) is 20.2. The average Bonchev–Trinajstić information content (AvgIpc) is 3.31. The Morgan fingerprint density at radius 1 is 1.07 bits per heavy atom. The number of carboxylic acids is 1. The van der Waals surface area contributed by atoms with Gasteiger partial charge in [0, 0.05) is 36.8 Å². The van der Waals surface area contributed by atoms with E-state index in [2.05, 4.69) is 41.7 Å². The molecule has 2 atom stereocenters. The van der Waals surface area contributed by atoms with Gasteiger partial charge in [-0.05, 0) is 88.4 Å². The molecule has 43 heavy (non-hydrogen) atoms. The fraction of sp³-hybridized carbons (Fsp3) is 0.615. The number of aromatic nitrogens is 1. The molecule has 0 bridgehead atoms. The molecule has 0 amide bonds. The van der Waals surface area contributed by atoms with Crippen LogP contribution in [0.3, 0.4) is 0 Å². The van der Waals surface area contributed by atoms with Gasteiger partial charge in [-0.2, -0.15) is 9.03 Å². The smallest absolute Gasteiger partial charge is 0.324 e. The van der Waals surface area contributed by atoms with Gasteiger partial charge in [0.25, 0.3) is 10.0 Å². The van der Waals surface area contributed by atoms with E-state index < -0.39 is 38.2 Å². The highest BCUT2D eigenvalue weighted by molar-refractivity contribution is 9.11. The Labute approximate surface area is 278 Å². The summed E-state index contributed by atoms with van der Waals surface area (Å²) in [5, 5.41) is 18.8. The van der Waals surface area contributed by atoms with Crippen LogP contribution in [0.5, 0.6) is 0 Å². The highest BCUT2D eigenvalue weighted by atomic mass is 79.9. The van der Waals surface area contributed by atoms with Gasteiger partial charge in [0.2, 0.25) is 10.0 Å². The average molecular weight is 807 g/mol. The van der Waals surface area contributed by atoms with Gasteiger partial charge in [-0.1, -0.05) is 30.9 Å². The van der Waals surface area contributed by atoms with Gasteiger partial charge in [0.1, 0.15) is 25.3 Å². The second kappa shape index (κ2) is 14.7. The fourth-order valence-corrected chi connectivity index (χ4v) is 11.4. The van der Waals surface area contributed by atoms with Gasteiger partial charge in [-0.15, -0.1) is 11.3 Å². The van der Waals surface area contributed by atoms with E-state index >= 15 is 0 Å². The first-order valence-electron chi connectivity index (χ1n) is 14.0. The first-order valence-corrected chi connectivity index (χ1v) is 19.7. The molecule has 2 aromatic rings. The SMILES string of the molecule is CC(O)C(NS(=O)(=O)c1cnc(N2CCC(CCCC3CCN(S(=O)(=O)c4cc(Br)c(Cl)s4)CC3)CC2)c(Br)c1)C(=O)O. The highest BCUT2D eigenvalue weighted by Gasteiger charge is 2.32. The minimum absolute atomic E-state index is 0.197. The third kappa shape index (κ3) is 8.70. The molecular weight excluding hydrogens is 772 g/mol. The molecular formula is C26H35Br2ClN4O7S3. The lowest BCUT2D eigenvalue weighted by atomic mass is 9.87. The summed E-state index contributed by atoms with van der Waals surface area (Å²) >= 11 is 13.8. The van der Waals surface area contributed by atoms with Crippen LogP contribution in [0, 0.1) is 11.8 Å². The standard InChI is InChI=1S/C26H35Br2ClN4O7S3/c1-16(34)23(26(35)36)31-42(37,38)19-13-21(28)25(30-15-19)32-9-5-17(6-10-32)3-2-4-18-7-11-33(12-8-18)43(39,40)22-14-20(27)24(29)41-22/h13-18,23,31,34H,2-12H2,1H3,(H,35,36). The molecule has 2 aliphatic rings. The maximum absolute atomic E-state index is 13.0. The van der Waals surface area contributed by atoms with E-state index in [9.17, 15) is 31.8 Å². The first kappa shape index (κ1) is 35.0. The van der Waals surface area contributed by atoms with Gasteiger partial charge in [0.05, 0.1) is 10.6 Å². The number of aliphatic carboxylic acids is 1. The summed E-state index contributed by atoms with van der Waals surface area (Å²) in [6.45, 7) is 3.81. The van der Waals surface area contributed by atoms with E-state index in [0.717, 1.165) is 69.4 Å². The minimum Gasteiger partial charge on any atom is -0.480 e. The zero-order valence-corrected chi connectivity index (χ0v) is 29.8. The number of carboxylic acid groups (broad SMARTS) is 1. The number of aliphatic hydroxyl groups excluding tert-OH is 1. The number of aliphatic hydroxyl groups is 1. The van der Waals surface area contributed by atoms with Gasteiger partial charge < -0.3 is 15.1 Å². The van der Waals surface area contributed by atoms with E-state index in [1.54, 1.807) is 10.4 Å². The van der Waals surface area contributed by atoms with E-state index in [1.807, 2.05) is 4.72 Å². The lowest BCUT2D eigenvalue weighted by Gasteiger charge is -2.34. The molecule has 4 rings (SSSR count). The quantitative estimate of drug-likeness (QED) is 0.271. The van der Waals surface area contributed by atoms with Crippen molar-refractivity contribution in [2.75, 3.05) is 31.1 Å². The Morgan fingerprint density at radius 2 is 1.65 bits per heavy atom. The maximum Gasteiger partial charge on any atom is 0.324 e. The number of carbonyl (C=O) groups is 1. The second-order valence-corrected chi connectivity index (χ2v) is 18.3. The monoisotopic (exact) mass is 804 g/mol. The van der Waals surface area contributed by atoms with Crippen LogP contribution in [0.4, 0.5) is 5.82 Å². The van der Waals surface area contributed by atoms with E-state index in [0.29, 0.717) is 44.0 Å². The molecule has 17 heteroatoms. The van der Waals surface area contributed by atoms with Gasteiger partial charge in [-0.25, -0.2) is 21.8 Å². The Morgan fingerprint density at radius 3 is 2.14 bits per heavy atom. The van der Waals surface area contributed by atoms with E-state index in [-0.39, 0.29) is 9.10 Å². The predicted octanol–water partition coefficient (Wildman–Crippen LogP) is 4.92. The van der Waals surface area contributed by atoms with Crippen LogP contribution in [0.25, 0.3) is 0 Å². The molecule has 11 nitrogen and oxygen atoms in total. The van der Waals surface area contributed by atoms with Crippen molar-refractivity contribution in [2.45, 2.75) is 73.1 Å². The molecule has 2 aliphatic heterocycles. The number of sulfonamides is 2. The summed E-state index contributed by atoms with van der Waals surface area (Å²) in [6, 6.07) is 1.29. The topological polar surface area (TPSA) is 157 Å². The van der Waals surface area contributed by atoms with Crippen LogP contribution in [0.15, 0.2) is 36.4 Å². The van der Waals surface area contributed by atoms with Gasteiger partial charge in [-0.3, -0.25) is 4.79 Å². The van der Waals surface area contributed by atoms with Crippen LogP contribution in [0.1, 0.15) is 51.9 Å². The van der Waals surface area contributed by atoms with Crippen LogP contribution in [-0.4, -0.2) is 80.6 Å². The van der Waals surface area contributed by atoms with Crippen molar-refractivity contribution in [1.82, 2.24) is 14.0 Å². The third-order valence-corrected chi connectivity index (χ3v) is 14.9. The van der Waals surface area contributed by atoms with Crippen LogP contribution >= 0.6 is 54.8 Å². The maximum atomic E-state index is 13.0. The van der Waals surface area contributed by atoms with Crippen LogP contribution < -0.4 is 9.62 Å². The van der Waals surface area contributed by atoms with Crippen molar-refractivity contribution < 1.29 is 31.8 Å². The molecule has 3 N–H and O–H groups in total. The minimum atomic E-state index is -4.21. The lowest BCUT2D eigenvalue weighted by Crippen LogP contribution is -2.47. The zero-order valence-electron chi connectivity index (χ0n) is 23.5. The summed E-state index contributed by atoms with van der Waals surface area (Å²) < 4.78 is 56.7. The lowest BCUT2D eigenvalue weighted by molar-refractivity contribution is -0.141. The molecule has 240 valence electrons. The molecule has 2 aromatic heterocycles. The number of nitrogens with zero attached hydrogens (tertiary/aromatic N) is 3. The number of rotatable bonds is 12. The fourth-order valence-electron chi connectivity index (χ4n) is 5.53. The molecule has 4 heterocycles. The summed E-state index contributed by atoms with van der Waals surface area (Å²) in [6.07, 6.45) is 6.76. The van der Waals surface area contributed by atoms with Crippen molar-refractivity contribution in [3.05, 3.63) is 31.6 Å². The summed E-state index contributed by atoms with van der Waals surface area (Å²) in [7, 11) is -7.73. The Kier molecular flexibility index (Phi) is 12.0. The molecule has 2 fully saturated rings. The van der Waals surface area contributed by atoms with Crippen molar-refractivity contribution in [3.63, 3.8) is 0 Å². The number of halogens is 3. The second-order valence-electron chi connectivity index (χ2n) is 11.1. The Hall–Kier alpha value is -0.850. The normalized spacial score (nSPS) is 19.4. The van der Waals surface area contributed by atoms with Gasteiger partial charge in [0.15, 0.2) is 0 Å². The third-order valence-electron chi connectivity index (χ3n) is 8.07. The molecule has 0 aliphatic carbocycles. The Balaban J connectivity index is 1.21. The summed E-state index contributed by atoms with van der Waals surface area (Å²) in [4.78, 5) is 17.6. The molecule has 0 spiro atoms. The number of anilines is 1. The Bertz CT molecular complexity index is 1490. The number of nitrogens with one attached hydrogen (secondary N) is 1. The predicted molar refractivity (Wildman–Crippen MR) is 173 cm³/mol. The summed E-state index contributed by atoms with van der Waals surface area (Å²) in [5.41, 5.74) is 0.